The van der Waals surface area contributed by atoms with E-state index in [9.17, 15) is 18.0 Å². The lowest BCUT2D eigenvalue weighted by molar-refractivity contribution is -0.148. The van der Waals surface area contributed by atoms with Crippen molar-refractivity contribution in [3.63, 3.8) is 0 Å². The minimum absolute atomic E-state index is 0.0522. The van der Waals surface area contributed by atoms with Crippen LogP contribution in [0.5, 0.6) is 5.75 Å². The Morgan fingerprint density at radius 1 is 1.24 bits per heavy atom. The second-order valence-corrected chi connectivity index (χ2v) is 9.33. The van der Waals surface area contributed by atoms with Gasteiger partial charge in [0, 0.05) is 13.1 Å². The van der Waals surface area contributed by atoms with Crippen molar-refractivity contribution in [1.82, 2.24) is 4.31 Å². The van der Waals surface area contributed by atoms with Gasteiger partial charge in [0.1, 0.15) is 5.75 Å². The van der Waals surface area contributed by atoms with Crippen LogP contribution in [0.3, 0.4) is 0 Å². The van der Waals surface area contributed by atoms with Crippen LogP contribution in [-0.4, -0.2) is 50.4 Å². The molecule has 0 aliphatic heterocycles. The molecule has 0 heterocycles. The Kier molecular flexibility index (Phi) is 7.65. The minimum atomic E-state index is -3.70. The van der Waals surface area contributed by atoms with Gasteiger partial charge in [0.15, 0.2) is 6.61 Å². The number of hydrogen-bond donors (Lipinski definition) is 1. The Labute approximate surface area is 172 Å². The lowest BCUT2D eigenvalue weighted by Gasteiger charge is -2.20. The molecule has 2 atom stereocenters. The van der Waals surface area contributed by atoms with Crippen molar-refractivity contribution in [3.05, 3.63) is 18.2 Å². The SMILES string of the molecule is CCN(CC)S(=O)(=O)c1ccc(OC(C)C)c(NC(=O)COC(=O)[C@@H]2C[C@H]2C)c1. The summed E-state index contributed by atoms with van der Waals surface area (Å²) in [6.07, 6.45) is 0.600. The lowest BCUT2D eigenvalue weighted by atomic mass is 10.3. The smallest absolute Gasteiger partial charge is 0.309 e. The fourth-order valence-electron chi connectivity index (χ4n) is 2.92. The van der Waals surface area contributed by atoms with E-state index in [1.807, 2.05) is 20.8 Å². The van der Waals surface area contributed by atoms with Crippen LogP contribution < -0.4 is 10.1 Å². The number of carbonyl (C=O) groups is 2. The summed E-state index contributed by atoms with van der Waals surface area (Å²) < 4.78 is 37.6. The van der Waals surface area contributed by atoms with E-state index in [1.54, 1.807) is 13.8 Å². The molecule has 8 nitrogen and oxygen atoms in total. The maximum atomic E-state index is 12.8. The number of hydrogen-bond acceptors (Lipinski definition) is 6. The van der Waals surface area contributed by atoms with Crippen molar-refractivity contribution in [2.75, 3.05) is 25.0 Å². The first kappa shape index (κ1) is 23.2. The van der Waals surface area contributed by atoms with Gasteiger partial charge in [0.25, 0.3) is 5.91 Å². The van der Waals surface area contributed by atoms with E-state index in [0.717, 1.165) is 6.42 Å². The van der Waals surface area contributed by atoms with Crippen LogP contribution in [0, 0.1) is 11.8 Å². The Morgan fingerprint density at radius 2 is 1.86 bits per heavy atom. The third-order valence-corrected chi connectivity index (χ3v) is 6.73. The van der Waals surface area contributed by atoms with Gasteiger partial charge < -0.3 is 14.8 Å². The third kappa shape index (κ3) is 5.93. The van der Waals surface area contributed by atoms with Crippen LogP contribution >= 0.6 is 0 Å². The fourth-order valence-corrected chi connectivity index (χ4v) is 4.40. The minimum Gasteiger partial charge on any atom is -0.489 e. The quantitative estimate of drug-likeness (QED) is 0.577. The summed E-state index contributed by atoms with van der Waals surface area (Å²) in [5.74, 6) is -0.445. The molecule has 29 heavy (non-hydrogen) atoms. The van der Waals surface area contributed by atoms with E-state index in [-0.39, 0.29) is 28.6 Å². The number of anilines is 1. The van der Waals surface area contributed by atoms with Crippen LogP contribution in [0.2, 0.25) is 0 Å². The topological polar surface area (TPSA) is 102 Å². The molecular formula is C20H30N2O6S. The Bertz CT molecular complexity index is 849. The predicted octanol–water partition coefficient (Wildman–Crippen LogP) is 2.64. The third-order valence-electron chi connectivity index (χ3n) is 4.69. The van der Waals surface area contributed by atoms with Crippen LogP contribution in [0.4, 0.5) is 5.69 Å². The zero-order valence-corrected chi connectivity index (χ0v) is 18.4. The van der Waals surface area contributed by atoms with Crippen molar-refractivity contribution in [3.8, 4) is 5.75 Å². The number of amides is 1. The highest BCUT2D eigenvalue weighted by atomic mass is 32.2. The van der Waals surface area contributed by atoms with E-state index >= 15 is 0 Å². The molecule has 0 radical (unpaired) electrons. The number of esters is 1. The molecule has 0 unspecified atom stereocenters. The van der Waals surface area contributed by atoms with Crippen molar-refractivity contribution in [2.45, 2.75) is 52.0 Å². The second kappa shape index (κ2) is 9.58. The summed E-state index contributed by atoms with van der Waals surface area (Å²) in [7, 11) is -3.70. The Hall–Kier alpha value is -2.13. The zero-order valence-electron chi connectivity index (χ0n) is 17.6. The first-order valence-electron chi connectivity index (χ1n) is 9.87. The van der Waals surface area contributed by atoms with Crippen LogP contribution in [0.15, 0.2) is 23.1 Å². The highest BCUT2D eigenvalue weighted by Crippen LogP contribution is 2.38. The average molecular weight is 427 g/mol. The van der Waals surface area contributed by atoms with E-state index < -0.39 is 22.5 Å². The number of ether oxygens (including phenoxy) is 2. The second-order valence-electron chi connectivity index (χ2n) is 7.39. The molecule has 0 saturated heterocycles. The molecule has 0 spiro atoms. The van der Waals surface area contributed by atoms with Gasteiger partial charge >= 0.3 is 5.97 Å². The van der Waals surface area contributed by atoms with Gasteiger partial charge in [-0.25, -0.2) is 8.42 Å². The Balaban J connectivity index is 2.20. The summed E-state index contributed by atoms with van der Waals surface area (Å²) in [4.78, 5) is 24.1. The maximum absolute atomic E-state index is 12.8. The van der Waals surface area contributed by atoms with Gasteiger partial charge in [-0.05, 0) is 44.4 Å². The molecule has 1 aliphatic rings. The predicted molar refractivity (Wildman–Crippen MR) is 109 cm³/mol. The molecule has 0 bridgehead atoms. The van der Waals surface area contributed by atoms with Crippen molar-refractivity contribution < 1.29 is 27.5 Å². The molecule has 1 saturated carbocycles. The molecule has 162 valence electrons. The largest absolute Gasteiger partial charge is 0.489 e. The summed E-state index contributed by atoms with van der Waals surface area (Å²) >= 11 is 0. The number of benzene rings is 1. The molecule has 1 aliphatic carbocycles. The molecule has 9 heteroatoms. The molecule has 1 amide bonds. The first-order valence-corrected chi connectivity index (χ1v) is 11.3. The van der Waals surface area contributed by atoms with Crippen molar-refractivity contribution in [1.29, 1.82) is 0 Å². The van der Waals surface area contributed by atoms with Gasteiger partial charge in [-0.1, -0.05) is 20.8 Å². The van der Waals surface area contributed by atoms with Crippen LogP contribution in [0.1, 0.15) is 41.0 Å². The summed E-state index contributed by atoms with van der Waals surface area (Å²) in [6.45, 7) is 9.35. The van der Waals surface area contributed by atoms with Gasteiger partial charge in [-0.2, -0.15) is 4.31 Å². The first-order chi connectivity index (χ1) is 13.6. The number of carbonyl (C=O) groups excluding carboxylic acids is 2. The summed E-state index contributed by atoms with van der Waals surface area (Å²) in [5.41, 5.74) is 0.216. The van der Waals surface area contributed by atoms with Crippen LogP contribution in [-0.2, 0) is 24.3 Å². The molecular weight excluding hydrogens is 396 g/mol. The number of nitrogens with zero attached hydrogens (tertiary/aromatic N) is 1. The lowest BCUT2D eigenvalue weighted by Crippen LogP contribution is -2.30. The molecule has 1 aromatic rings. The average Bonchev–Trinajstić information content (AvgIpc) is 3.38. The monoisotopic (exact) mass is 426 g/mol. The highest BCUT2D eigenvalue weighted by Gasteiger charge is 2.40. The summed E-state index contributed by atoms with van der Waals surface area (Å²) in [6, 6.07) is 4.34. The molecule has 1 aromatic carbocycles. The van der Waals surface area contributed by atoms with E-state index in [1.165, 1.54) is 22.5 Å². The molecule has 0 aromatic heterocycles. The Morgan fingerprint density at radius 3 is 2.38 bits per heavy atom. The normalized spacial score (nSPS) is 18.6. The van der Waals surface area contributed by atoms with Crippen molar-refractivity contribution in [2.24, 2.45) is 11.8 Å². The van der Waals surface area contributed by atoms with E-state index in [0.29, 0.717) is 24.8 Å². The number of nitrogens with one attached hydrogen (secondary N) is 1. The number of sulfonamides is 1. The summed E-state index contributed by atoms with van der Waals surface area (Å²) in [5, 5.41) is 2.61. The fraction of sp³-hybridized carbons (Fsp3) is 0.600. The highest BCUT2D eigenvalue weighted by molar-refractivity contribution is 7.89. The molecule has 1 fully saturated rings. The van der Waals surface area contributed by atoms with E-state index in [2.05, 4.69) is 5.32 Å². The van der Waals surface area contributed by atoms with Crippen molar-refractivity contribution >= 4 is 27.6 Å². The maximum Gasteiger partial charge on any atom is 0.309 e. The van der Waals surface area contributed by atoms with Gasteiger partial charge in [0.2, 0.25) is 10.0 Å². The zero-order chi connectivity index (χ0) is 21.8. The van der Waals surface area contributed by atoms with E-state index in [4.69, 9.17) is 9.47 Å². The van der Waals surface area contributed by atoms with Gasteiger partial charge in [-0.15, -0.1) is 0 Å². The molecule has 2 rings (SSSR count). The van der Waals surface area contributed by atoms with Gasteiger partial charge in [-0.3, -0.25) is 9.59 Å². The van der Waals surface area contributed by atoms with Crippen LogP contribution in [0.25, 0.3) is 0 Å². The number of rotatable bonds is 10. The van der Waals surface area contributed by atoms with Gasteiger partial charge in [0.05, 0.1) is 22.6 Å². The standard InChI is InChI=1S/C20H30N2O6S/c1-6-22(7-2)29(25,26)15-8-9-18(28-13(3)4)17(11-15)21-19(23)12-27-20(24)16-10-14(16)5/h8-9,11,13-14,16H,6-7,10,12H2,1-5H3,(H,21,23)/t14-,16-/m1/s1. The molecule has 1 N–H and O–H groups in total.